The number of hydrogen-bond donors (Lipinski definition) is 33. The van der Waals surface area contributed by atoms with Crippen molar-refractivity contribution in [2.75, 3.05) is 106 Å². The molecule has 0 rings (SSSR count). The van der Waals surface area contributed by atoms with Gasteiger partial charge in [-0.25, -0.2) is 0 Å². The standard InChI is InChI=1S/4C6H12O6.2C5H10O5.C4H8O4.C3H6O3/c4*7-1-3(9)5(11)6(12)4(10)2-8;2*6-1-3(8)5(10)4(9)2-7;5-1-3(7)4(8)2-6;4-1-3(6)2-5/h4*3,5-9,11-12H,1-2H2;2*3,5-8,10H,1-2H2;3,5-7H,1-2H2;4-5H,1-2H2. The molecule has 0 aliphatic heterocycles. The maximum atomic E-state index is 10.5. The summed E-state index contributed by atoms with van der Waals surface area (Å²) in [7, 11) is 0. The molecule has 0 aromatic heterocycles. The van der Waals surface area contributed by atoms with E-state index in [1.807, 2.05) is 0 Å². The molecule has 17 unspecified atom stereocenters. The third kappa shape index (κ3) is 46.4. The number of Topliss-reactive ketones (excluding diaryl/α,β-unsaturated/α-hetero) is 8. The van der Waals surface area contributed by atoms with Crippen molar-refractivity contribution in [3.63, 3.8) is 0 Å². The first kappa shape index (κ1) is 94.4. The first-order valence-electron chi connectivity index (χ1n) is 22.5. The van der Waals surface area contributed by atoms with Crippen molar-refractivity contribution >= 4 is 46.3 Å². The van der Waals surface area contributed by atoms with Gasteiger partial charge in [-0.15, -0.1) is 0 Å². The largest absolute Gasteiger partial charge is 0.394 e. The highest BCUT2D eigenvalue weighted by Gasteiger charge is 2.32. The Bertz CT molecular complexity index is 1450. The summed E-state index contributed by atoms with van der Waals surface area (Å²) in [5.41, 5.74) is 0. The van der Waals surface area contributed by atoms with E-state index in [0.29, 0.717) is 0 Å². The molecule has 492 valence electrons. The second-order valence-electron chi connectivity index (χ2n) is 15.1. The molecule has 0 spiro atoms. The van der Waals surface area contributed by atoms with Gasteiger partial charge < -0.3 is 169 Å². The summed E-state index contributed by atoms with van der Waals surface area (Å²) in [5.74, 6) is -7.12. The molecule has 0 saturated carbocycles. The monoisotopic (exact) mass is 1230 g/mol. The van der Waals surface area contributed by atoms with Gasteiger partial charge >= 0.3 is 0 Å². The SMILES string of the molecule is O=C(CO)C(O)C(O)C(O)CO.O=C(CO)C(O)C(O)C(O)CO.O=C(CO)C(O)C(O)C(O)CO.O=C(CO)C(O)C(O)C(O)CO.O=C(CO)C(O)C(O)CO.O=C(CO)C(O)C(O)CO.O=C(CO)C(O)CO.O=C(CO)CO. The van der Waals surface area contributed by atoms with Crippen LogP contribution in [0.25, 0.3) is 0 Å². The first-order chi connectivity index (χ1) is 37.9. The molecule has 41 nitrogen and oxygen atoms in total. The average Bonchev–Trinajstić information content (AvgIpc) is 3.52. The smallest absolute Gasteiger partial charge is 0.189 e. The van der Waals surface area contributed by atoms with Gasteiger partial charge in [0.25, 0.3) is 0 Å². The maximum absolute atomic E-state index is 10.5. The molecule has 0 heterocycles. The fourth-order valence-corrected chi connectivity index (χ4v) is 3.48. The minimum absolute atomic E-state index is 0.546. The zero-order chi connectivity index (χ0) is 66.7. The van der Waals surface area contributed by atoms with Crippen LogP contribution in [-0.4, -0.2) is 424 Å². The van der Waals surface area contributed by atoms with E-state index < -0.39 is 256 Å². The van der Waals surface area contributed by atoms with Gasteiger partial charge in [0.05, 0.1) is 46.2 Å². The van der Waals surface area contributed by atoms with E-state index >= 15 is 0 Å². The van der Waals surface area contributed by atoms with Crippen LogP contribution in [0.1, 0.15) is 0 Å². The van der Waals surface area contributed by atoms with E-state index in [1.54, 1.807) is 0 Å². The topological polar surface area (TPSA) is 804 Å². The van der Waals surface area contributed by atoms with E-state index in [2.05, 4.69) is 0 Å². The maximum Gasteiger partial charge on any atom is 0.189 e. The van der Waals surface area contributed by atoms with Gasteiger partial charge in [-0.3, -0.25) is 38.4 Å². The summed E-state index contributed by atoms with van der Waals surface area (Å²) in [6.45, 7) is -12.3. The molecule has 0 radical (unpaired) electrons. The predicted octanol–water partition coefficient (Wildman–Crippen LogP) is -22.5. The second-order valence-corrected chi connectivity index (χ2v) is 15.1. The molecular weight excluding hydrogens is 1150 g/mol. The Balaban J connectivity index is -0.000000128. The Morgan fingerprint density at radius 1 is 0.195 bits per heavy atom. The van der Waals surface area contributed by atoms with E-state index in [9.17, 15) is 38.4 Å². The van der Waals surface area contributed by atoms with Crippen LogP contribution < -0.4 is 0 Å². The number of carbonyl (C=O) groups excluding carboxylic acids is 8. The van der Waals surface area contributed by atoms with Gasteiger partial charge in [0.1, 0.15) is 163 Å². The van der Waals surface area contributed by atoms with E-state index in [0.717, 1.165) is 0 Å². The molecule has 0 bridgehead atoms. The lowest BCUT2D eigenvalue weighted by Gasteiger charge is -2.19. The van der Waals surface area contributed by atoms with Crippen LogP contribution in [0.2, 0.25) is 0 Å². The van der Waals surface area contributed by atoms with E-state index in [4.69, 9.17) is 169 Å². The van der Waals surface area contributed by atoms with Crippen molar-refractivity contribution in [3.05, 3.63) is 0 Å². The highest BCUT2D eigenvalue weighted by atomic mass is 16.4. The van der Waals surface area contributed by atoms with Crippen molar-refractivity contribution in [2.45, 2.75) is 104 Å². The lowest BCUT2D eigenvalue weighted by Crippen LogP contribution is -2.44. The highest BCUT2D eigenvalue weighted by Crippen LogP contribution is 2.04. The number of hydrogen-bond acceptors (Lipinski definition) is 41. The lowest BCUT2D eigenvalue weighted by atomic mass is 10.1. The summed E-state index contributed by atoms with van der Waals surface area (Å²) >= 11 is 0. The number of carbonyl (C=O) groups is 8. The Hall–Kier alpha value is -3.96. The van der Waals surface area contributed by atoms with Crippen LogP contribution in [0, 0.1) is 0 Å². The molecule has 0 aliphatic rings. The van der Waals surface area contributed by atoms with Gasteiger partial charge in [0.2, 0.25) is 0 Å². The minimum Gasteiger partial charge on any atom is -0.394 e. The minimum atomic E-state index is -1.86. The van der Waals surface area contributed by atoms with Crippen LogP contribution in [-0.2, 0) is 38.4 Å². The number of aliphatic hydroxyl groups is 33. The average molecular weight is 1230 g/mol. The van der Waals surface area contributed by atoms with Crippen LogP contribution in [0.5, 0.6) is 0 Å². The van der Waals surface area contributed by atoms with Crippen LogP contribution in [0.3, 0.4) is 0 Å². The van der Waals surface area contributed by atoms with Gasteiger partial charge in [0, 0.05) is 0 Å². The zero-order valence-electron chi connectivity index (χ0n) is 43.2. The van der Waals surface area contributed by atoms with Crippen molar-refractivity contribution in [1.29, 1.82) is 0 Å². The summed E-state index contributed by atoms with van der Waals surface area (Å²) in [5, 5.41) is 280. The van der Waals surface area contributed by atoms with Crippen LogP contribution in [0.15, 0.2) is 0 Å². The molecule has 33 N–H and O–H groups in total. The molecular formula is C41H82O41. The van der Waals surface area contributed by atoms with Crippen molar-refractivity contribution in [2.24, 2.45) is 0 Å². The quantitative estimate of drug-likeness (QED) is 0.0290. The Morgan fingerprint density at radius 3 is 0.451 bits per heavy atom. The van der Waals surface area contributed by atoms with Gasteiger partial charge in [-0.05, 0) is 0 Å². The van der Waals surface area contributed by atoms with Gasteiger partial charge in [-0.1, -0.05) is 0 Å². The number of ketones is 8. The summed E-state index contributed by atoms with van der Waals surface area (Å²) in [6.07, 6.45) is -28.7. The molecule has 0 aromatic rings. The molecule has 0 amide bonds. The van der Waals surface area contributed by atoms with Crippen molar-refractivity contribution in [3.8, 4) is 0 Å². The molecule has 0 aromatic carbocycles. The molecule has 0 saturated heterocycles. The Labute approximate surface area is 462 Å². The zero-order valence-corrected chi connectivity index (χ0v) is 43.2. The lowest BCUT2D eigenvalue weighted by molar-refractivity contribution is -0.143. The predicted molar refractivity (Wildman–Crippen MR) is 256 cm³/mol. The van der Waals surface area contributed by atoms with E-state index in [1.165, 1.54) is 0 Å². The molecule has 41 heteroatoms. The third-order valence-corrected chi connectivity index (χ3v) is 8.69. The van der Waals surface area contributed by atoms with Crippen molar-refractivity contribution < 1.29 is 207 Å². The highest BCUT2D eigenvalue weighted by molar-refractivity contribution is 5.86. The van der Waals surface area contributed by atoms with Gasteiger partial charge in [0.15, 0.2) is 46.3 Å². The molecule has 0 fully saturated rings. The summed E-state index contributed by atoms with van der Waals surface area (Å²) in [4.78, 5) is 82.5. The second kappa shape index (κ2) is 58.8. The fourth-order valence-electron chi connectivity index (χ4n) is 3.48. The van der Waals surface area contributed by atoms with Crippen LogP contribution in [0.4, 0.5) is 0 Å². The third-order valence-electron chi connectivity index (χ3n) is 8.69. The summed E-state index contributed by atoms with van der Waals surface area (Å²) in [6, 6.07) is 0. The van der Waals surface area contributed by atoms with Crippen molar-refractivity contribution in [1.82, 2.24) is 0 Å². The molecule has 0 aliphatic carbocycles. The van der Waals surface area contributed by atoms with Gasteiger partial charge in [-0.2, -0.15) is 0 Å². The Kier molecular flexibility index (Phi) is 67.7. The molecule has 82 heavy (non-hydrogen) atoms. The number of rotatable bonds is 33. The normalized spacial score (nSPS) is 16.7. The molecule has 17 atom stereocenters. The Morgan fingerprint density at radius 2 is 0.354 bits per heavy atom. The summed E-state index contributed by atoms with van der Waals surface area (Å²) < 4.78 is 0. The van der Waals surface area contributed by atoms with E-state index in [-0.39, 0.29) is 0 Å². The first-order valence-corrected chi connectivity index (χ1v) is 22.5. The van der Waals surface area contributed by atoms with Crippen LogP contribution >= 0.6 is 0 Å². The fraction of sp³-hybridized carbons (Fsp3) is 0.805. The number of aliphatic hydroxyl groups excluding tert-OH is 33.